The zero-order valence-electron chi connectivity index (χ0n) is 16.7. The first-order valence-electron chi connectivity index (χ1n) is 9.72. The number of benzene rings is 2. The van der Waals surface area contributed by atoms with Gasteiger partial charge in [0.1, 0.15) is 11.4 Å². The molecule has 0 atom stereocenters. The molecule has 2 aliphatic rings. The van der Waals surface area contributed by atoms with E-state index in [1.54, 1.807) is 7.11 Å². The van der Waals surface area contributed by atoms with Crippen LogP contribution in [0.1, 0.15) is 16.7 Å². The second kappa shape index (κ2) is 8.09. The number of aryl methyl sites for hydroxylation is 1. The highest BCUT2D eigenvalue weighted by Crippen LogP contribution is 2.34. The monoisotopic (exact) mass is 392 g/mol. The molecule has 150 valence electrons. The number of methoxy groups -OCH3 is 1. The summed E-state index contributed by atoms with van der Waals surface area (Å²) in [7, 11) is 1.61. The van der Waals surface area contributed by atoms with Crippen molar-refractivity contribution in [3.05, 3.63) is 70.9 Å². The van der Waals surface area contributed by atoms with E-state index in [2.05, 4.69) is 0 Å². The predicted octanol–water partition coefficient (Wildman–Crippen LogP) is 2.62. The van der Waals surface area contributed by atoms with Crippen LogP contribution in [0.25, 0.3) is 5.57 Å². The van der Waals surface area contributed by atoms with E-state index in [1.165, 1.54) is 4.90 Å². The molecular formula is C23H24N2O4. The number of hydrogen-bond acceptors (Lipinski definition) is 5. The number of carbonyl (C=O) groups is 2. The minimum atomic E-state index is -0.249. The fourth-order valence-corrected chi connectivity index (χ4v) is 3.80. The quantitative estimate of drug-likeness (QED) is 0.732. The molecule has 6 heteroatoms. The maximum Gasteiger partial charge on any atom is 0.278 e. The van der Waals surface area contributed by atoms with Crippen LogP contribution >= 0.6 is 0 Å². The first-order chi connectivity index (χ1) is 14.1. The van der Waals surface area contributed by atoms with Gasteiger partial charge >= 0.3 is 0 Å². The van der Waals surface area contributed by atoms with Gasteiger partial charge in [-0.1, -0.05) is 36.4 Å². The molecule has 0 N–H and O–H groups in total. The van der Waals surface area contributed by atoms with Crippen LogP contribution in [0.15, 0.2) is 54.2 Å². The number of ether oxygens (including phenoxy) is 2. The Hall–Kier alpha value is -3.12. The second-order valence-corrected chi connectivity index (χ2v) is 7.18. The molecule has 2 aliphatic heterocycles. The Balaban J connectivity index is 1.71. The lowest BCUT2D eigenvalue weighted by atomic mass is 9.99. The van der Waals surface area contributed by atoms with Crippen LogP contribution in [0.3, 0.4) is 0 Å². The summed E-state index contributed by atoms with van der Waals surface area (Å²) < 4.78 is 10.6. The SMILES string of the molecule is COc1ccc(CN2C(=O)C(c3ccccc3C)=C(N3CCOCC3)C2=O)cc1. The Morgan fingerprint density at radius 3 is 2.31 bits per heavy atom. The average molecular weight is 392 g/mol. The fourth-order valence-electron chi connectivity index (χ4n) is 3.80. The van der Waals surface area contributed by atoms with Gasteiger partial charge < -0.3 is 14.4 Å². The Kier molecular flexibility index (Phi) is 5.36. The zero-order chi connectivity index (χ0) is 20.4. The number of nitrogens with zero attached hydrogens (tertiary/aromatic N) is 2. The predicted molar refractivity (Wildman–Crippen MR) is 109 cm³/mol. The van der Waals surface area contributed by atoms with Crippen molar-refractivity contribution in [3.8, 4) is 5.75 Å². The summed E-state index contributed by atoms with van der Waals surface area (Å²) in [6, 6.07) is 15.1. The van der Waals surface area contributed by atoms with Crippen molar-refractivity contribution in [2.24, 2.45) is 0 Å². The summed E-state index contributed by atoms with van der Waals surface area (Å²) >= 11 is 0. The highest BCUT2D eigenvalue weighted by molar-refractivity contribution is 6.35. The van der Waals surface area contributed by atoms with Gasteiger partial charge in [0.2, 0.25) is 0 Å². The molecule has 1 saturated heterocycles. The molecule has 1 fully saturated rings. The van der Waals surface area contributed by atoms with E-state index in [1.807, 2.05) is 60.4 Å². The lowest BCUT2D eigenvalue weighted by molar-refractivity contribution is -0.138. The minimum Gasteiger partial charge on any atom is -0.497 e. The molecule has 4 rings (SSSR count). The van der Waals surface area contributed by atoms with Crippen molar-refractivity contribution in [1.82, 2.24) is 9.80 Å². The molecule has 0 spiro atoms. The smallest absolute Gasteiger partial charge is 0.278 e. The van der Waals surface area contributed by atoms with Crippen LogP contribution in [0.5, 0.6) is 5.75 Å². The molecule has 0 saturated carbocycles. The van der Waals surface area contributed by atoms with Gasteiger partial charge in [-0.3, -0.25) is 14.5 Å². The summed E-state index contributed by atoms with van der Waals surface area (Å²) in [6.45, 7) is 4.48. The normalized spacial score (nSPS) is 17.3. The third-order valence-corrected chi connectivity index (χ3v) is 5.39. The van der Waals surface area contributed by atoms with E-state index >= 15 is 0 Å². The number of morpholine rings is 1. The molecular weight excluding hydrogens is 368 g/mol. The van der Waals surface area contributed by atoms with E-state index in [4.69, 9.17) is 9.47 Å². The molecule has 2 amide bonds. The van der Waals surface area contributed by atoms with Gasteiger partial charge in [-0.2, -0.15) is 0 Å². The van der Waals surface area contributed by atoms with Crippen molar-refractivity contribution in [2.75, 3.05) is 33.4 Å². The molecule has 2 aromatic carbocycles. The molecule has 0 unspecified atom stereocenters. The largest absolute Gasteiger partial charge is 0.497 e. The summed E-state index contributed by atoms with van der Waals surface area (Å²) in [5.74, 6) is 0.244. The molecule has 6 nitrogen and oxygen atoms in total. The summed E-state index contributed by atoms with van der Waals surface area (Å²) in [5.41, 5.74) is 3.63. The summed E-state index contributed by atoms with van der Waals surface area (Å²) in [5, 5.41) is 0. The Labute approximate surface area is 170 Å². The first kappa shape index (κ1) is 19.2. The maximum absolute atomic E-state index is 13.4. The van der Waals surface area contributed by atoms with Gasteiger partial charge in [0.25, 0.3) is 11.8 Å². The molecule has 2 aromatic rings. The molecule has 0 aliphatic carbocycles. The standard InChI is InChI=1S/C23H24N2O4/c1-16-5-3-4-6-19(16)20-21(24-11-13-29-14-12-24)23(27)25(22(20)26)15-17-7-9-18(28-2)10-8-17/h3-10H,11-15H2,1-2H3. The van der Waals surface area contributed by atoms with Gasteiger partial charge in [-0.25, -0.2) is 0 Å². The Morgan fingerprint density at radius 2 is 1.66 bits per heavy atom. The topological polar surface area (TPSA) is 59.1 Å². The van der Waals surface area contributed by atoms with Gasteiger partial charge in [0.05, 0.1) is 32.4 Å². The van der Waals surface area contributed by atoms with E-state index in [-0.39, 0.29) is 18.4 Å². The molecule has 0 bridgehead atoms. The lowest BCUT2D eigenvalue weighted by Gasteiger charge is -2.29. The average Bonchev–Trinajstić information content (AvgIpc) is 3.00. The molecule has 2 heterocycles. The summed E-state index contributed by atoms with van der Waals surface area (Å²) in [4.78, 5) is 30.1. The number of amides is 2. The second-order valence-electron chi connectivity index (χ2n) is 7.18. The molecule has 29 heavy (non-hydrogen) atoms. The number of hydrogen-bond donors (Lipinski definition) is 0. The third-order valence-electron chi connectivity index (χ3n) is 5.39. The van der Waals surface area contributed by atoms with Crippen molar-refractivity contribution in [3.63, 3.8) is 0 Å². The van der Waals surface area contributed by atoms with Crippen LogP contribution in [-0.4, -0.2) is 55.0 Å². The number of imide groups is 1. The van der Waals surface area contributed by atoms with Crippen molar-refractivity contribution in [1.29, 1.82) is 0 Å². The Bertz CT molecular complexity index is 959. The van der Waals surface area contributed by atoms with E-state index < -0.39 is 0 Å². The zero-order valence-corrected chi connectivity index (χ0v) is 16.7. The molecule has 0 radical (unpaired) electrons. The van der Waals surface area contributed by atoms with E-state index in [0.29, 0.717) is 37.6 Å². The maximum atomic E-state index is 13.4. The van der Waals surface area contributed by atoms with Gasteiger partial charge in [0, 0.05) is 13.1 Å². The van der Waals surface area contributed by atoms with Crippen LogP contribution in [-0.2, 0) is 20.9 Å². The highest BCUT2D eigenvalue weighted by atomic mass is 16.5. The lowest BCUT2D eigenvalue weighted by Crippen LogP contribution is -2.40. The fraction of sp³-hybridized carbons (Fsp3) is 0.304. The third kappa shape index (κ3) is 3.63. The number of rotatable bonds is 5. The van der Waals surface area contributed by atoms with E-state index in [0.717, 1.165) is 22.4 Å². The Morgan fingerprint density at radius 1 is 0.966 bits per heavy atom. The number of carbonyl (C=O) groups excluding carboxylic acids is 2. The van der Waals surface area contributed by atoms with Crippen LogP contribution in [0.4, 0.5) is 0 Å². The molecule has 0 aromatic heterocycles. The highest BCUT2D eigenvalue weighted by Gasteiger charge is 2.42. The van der Waals surface area contributed by atoms with Gasteiger partial charge in [-0.15, -0.1) is 0 Å². The summed E-state index contributed by atoms with van der Waals surface area (Å²) in [6.07, 6.45) is 0. The first-order valence-corrected chi connectivity index (χ1v) is 9.72. The van der Waals surface area contributed by atoms with Crippen molar-refractivity contribution >= 4 is 17.4 Å². The van der Waals surface area contributed by atoms with Crippen LogP contribution in [0.2, 0.25) is 0 Å². The van der Waals surface area contributed by atoms with Crippen molar-refractivity contribution < 1.29 is 19.1 Å². The van der Waals surface area contributed by atoms with Crippen molar-refractivity contribution in [2.45, 2.75) is 13.5 Å². The van der Waals surface area contributed by atoms with E-state index in [9.17, 15) is 9.59 Å². The van der Waals surface area contributed by atoms with Crippen LogP contribution < -0.4 is 4.74 Å². The minimum absolute atomic E-state index is 0.227. The van der Waals surface area contributed by atoms with Gasteiger partial charge in [0.15, 0.2) is 0 Å². The van der Waals surface area contributed by atoms with Gasteiger partial charge in [-0.05, 0) is 35.7 Å². The van der Waals surface area contributed by atoms with Crippen LogP contribution in [0, 0.1) is 6.92 Å².